The Morgan fingerprint density at radius 2 is 1.94 bits per heavy atom. The van der Waals surface area contributed by atoms with Gasteiger partial charge in [0.25, 0.3) is 0 Å². The molecule has 8 heteroatoms. The van der Waals surface area contributed by atoms with Crippen LogP contribution < -0.4 is 15.4 Å². The largest absolute Gasteiger partial charge is 0.473 e. The van der Waals surface area contributed by atoms with Gasteiger partial charge < -0.3 is 24.9 Å². The molecule has 1 unspecified atom stereocenters. The number of hydrogen-bond donors (Lipinski definition) is 3. The van der Waals surface area contributed by atoms with Gasteiger partial charge >= 0.3 is 0 Å². The van der Waals surface area contributed by atoms with Gasteiger partial charge in [0.1, 0.15) is 18.0 Å². The summed E-state index contributed by atoms with van der Waals surface area (Å²) in [6.45, 7) is 5.56. The second-order valence-electron chi connectivity index (χ2n) is 7.08. The lowest BCUT2D eigenvalue weighted by Crippen LogP contribution is -2.44. The molecule has 1 aromatic carbocycles. The second-order valence-corrected chi connectivity index (χ2v) is 7.08. The highest BCUT2D eigenvalue weighted by Crippen LogP contribution is 2.19. The Bertz CT molecular complexity index is 931. The molecule has 0 saturated carbocycles. The molecule has 3 aromatic rings. The van der Waals surface area contributed by atoms with E-state index < -0.39 is 5.60 Å². The summed E-state index contributed by atoms with van der Waals surface area (Å²) in [4.78, 5) is 8.87. The van der Waals surface area contributed by atoms with Crippen LogP contribution in [-0.4, -0.2) is 29.1 Å². The van der Waals surface area contributed by atoms with Gasteiger partial charge in [-0.25, -0.2) is 9.98 Å². The molecule has 31 heavy (non-hydrogen) atoms. The smallest absolute Gasteiger partial charge is 0.213 e. The minimum atomic E-state index is -1.14. The first kappa shape index (κ1) is 24.7. The van der Waals surface area contributed by atoms with Crippen molar-refractivity contribution < 1.29 is 14.3 Å². The van der Waals surface area contributed by atoms with Crippen molar-refractivity contribution in [3.05, 3.63) is 83.9 Å². The van der Waals surface area contributed by atoms with E-state index in [0.29, 0.717) is 37.3 Å². The molecule has 0 aliphatic heterocycles. The van der Waals surface area contributed by atoms with Gasteiger partial charge in [-0.15, -0.1) is 24.0 Å². The number of pyridine rings is 1. The first-order chi connectivity index (χ1) is 14.6. The number of aliphatic hydroxyl groups is 1. The van der Waals surface area contributed by atoms with E-state index in [-0.39, 0.29) is 30.5 Å². The second kappa shape index (κ2) is 12.3. The normalized spacial score (nSPS) is 13.1. The van der Waals surface area contributed by atoms with E-state index in [2.05, 4.69) is 20.6 Å². The minimum absolute atomic E-state index is 0. The Hall–Kier alpha value is -2.59. The molecule has 0 amide bonds. The molecular weight excluding hydrogens is 507 g/mol. The Balaban J connectivity index is 0.00000341. The molecular formula is C23H29IN4O3. The van der Waals surface area contributed by atoms with Crippen molar-refractivity contribution in [1.29, 1.82) is 0 Å². The molecule has 0 aliphatic carbocycles. The van der Waals surface area contributed by atoms with Crippen LogP contribution in [0.25, 0.3) is 0 Å². The number of furan rings is 1. The summed E-state index contributed by atoms with van der Waals surface area (Å²) in [6, 6.07) is 17.3. The van der Waals surface area contributed by atoms with Crippen LogP contribution in [0.1, 0.15) is 30.7 Å². The van der Waals surface area contributed by atoms with Crippen molar-refractivity contribution in [3.63, 3.8) is 0 Å². The summed E-state index contributed by atoms with van der Waals surface area (Å²) in [5, 5.41) is 16.9. The summed E-state index contributed by atoms with van der Waals surface area (Å²) in [7, 11) is 0. The number of aliphatic imine (C=N–C) groups is 1. The van der Waals surface area contributed by atoms with E-state index >= 15 is 0 Å². The standard InChI is InChI=1S/C23H28N4O3.HI/c1-3-24-22(27-17-23(2,28)20-10-7-13-29-20)26-15-19-11-12-25-21(14-19)30-16-18-8-5-4-6-9-18;/h4-14,28H,3,15-17H2,1-2H3,(H2,24,26,27);1H. The molecule has 0 spiro atoms. The predicted molar refractivity (Wildman–Crippen MR) is 132 cm³/mol. The number of rotatable bonds is 9. The van der Waals surface area contributed by atoms with E-state index in [4.69, 9.17) is 9.15 Å². The van der Waals surface area contributed by atoms with Gasteiger partial charge in [0.05, 0.1) is 19.4 Å². The average molecular weight is 536 g/mol. The lowest BCUT2D eigenvalue weighted by atomic mass is 10.0. The Morgan fingerprint density at radius 3 is 2.65 bits per heavy atom. The highest BCUT2D eigenvalue weighted by molar-refractivity contribution is 14.0. The fraction of sp³-hybridized carbons (Fsp3) is 0.304. The molecule has 3 rings (SSSR count). The molecule has 0 aliphatic rings. The summed E-state index contributed by atoms with van der Waals surface area (Å²) < 4.78 is 11.1. The molecule has 166 valence electrons. The number of ether oxygens (including phenoxy) is 1. The Kier molecular flexibility index (Phi) is 9.80. The van der Waals surface area contributed by atoms with Gasteiger partial charge in [-0.2, -0.15) is 0 Å². The first-order valence-corrected chi connectivity index (χ1v) is 9.97. The molecule has 1 atom stereocenters. The number of benzene rings is 1. The zero-order chi connectivity index (χ0) is 21.2. The molecule has 7 nitrogen and oxygen atoms in total. The number of guanidine groups is 1. The van der Waals surface area contributed by atoms with Crippen LogP contribution in [0.2, 0.25) is 0 Å². The lowest BCUT2D eigenvalue weighted by molar-refractivity contribution is 0.0386. The van der Waals surface area contributed by atoms with E-state index in [1.54, 1.807) is 31.5 Å². The highest BCUT2D eigenvalue weighted by Gasteiger charge is 2.26. The monoisotopic (exact) mass is 536 g/mol. The van der Waals surface area contributed by atoms with Crippen LogP contribution in [0.3, 0.4) is 0 Å². The molecule has 0 saturated heterocycles. The maximum absolute atomic E-state index is 10.6. The zero-order valence-corrected chi connectivity index (χ0v) is 20.1. The van der Waals surface area contributed by atoms with E-state index in [1.807, 2.05) is 49.4 Å². The summed E-state index contributed by atoms with van der Waals surface area (Å²) in [5.41, 5.74) is 0.919. The van der Waals surface area contributed by atoms with Crippen LogP contribution >= 0.6 is 24.0 Å². The summed E-state index contributed by atoms with van der Waals surface area (Å²) in [5.74, 6) is 1.67. The molecule has 0 radical (unpaired) electrons. The van der Waals surface area contributed by atoms with Crippen molar-refractivity contribution in [3.8, 4) is 5.88 Å². The van der Waals surface area contributed by atoms with Crippen LogP contribution in [0.4, 0.5) is 0 Å². The Morgan fingerprint density at radius 1 is 1.13 bits per heavy atom. The third-order valence-corrected chi connectivity index (χ3v) is 4.44. The average Bonchev–Trinajstić information content (AvgIpc) is 3.31. The summed E-state index contributed by atoms with van der Waals surface area (Å²) >= 11 is 0. The minimum Gasteiger partial charge on any atom is -0.473 e. The van der Waals surface area contributed by atoms with Gasteiger partial charge in [-0.1, -0.05) is 30.3 Å². The van der Waals surface area contributed by atoms with Gasteiger partial charge in [0, 0.05) is 18.8 Å². The van der Waals surface area contributed by atoms with Crippen molar-refractivity contribution in [2.24, 2.45) is 4.99 Å². The van der Waals surface area contributed by atoms with Gasteiger partial charge in [0.2, 0.25) is 5.88 Å². The van der Waals surface area contributed by atoms with Crippen LogP contribution in [-0.2, 0) is 18.8 Å². The van der Waals surface area contributed by atoms with Crippen molar-refractivity contribution in [2.45, 2.75) is 32.6 Å². The number of aromatic nitrogens is 1. The topological polar surface area (TPSA) is 91.9 Å². The number of nitrogens with zero attached hydrogens (tertiary/aromatic N) is 2. The quantitative estimate of drug-likeness (QED) is 0.219. The van der Waals surface area contributed by atoms with Crippen molar-refractivity contribution >= 4 is 29.9 Å². The predicted octanol–water partition coefficient (Wildman–Crippen LogP) is 3.83. The first-order valence-electron chi connectivity index (χ1n) is 9.97. The zero-order valence-electron chi connectivity index (χ0n) is 17.7. The maximum atomic E-state index is 10.6. The van der Waals surface area contributed by atoms with E-state index in [0.717, 1.165) is 11.1 Å². The molecule has 0 fully saturated rings. The summed E-state index contributed by atoms with van der Waals surface area (Å²) in [6.07, 6.45) is 3.26. The number of hydrogen-bond acceptors (Lipinski definition) is 5. The SMILES string of the molecule is CCNC(=NCc1ccnc(OCc2ccccc2)c1)NCC(C)(O)c1ccco1.I. The fourth-order valence-electron chi connectivity index (χ4n) is 2.80. The van der Waals surface area contributed by atoms with E-state index in [1.165, 1.54) is 0 Å². The van der Waals surface area contributed by atoms with Gasteiger partial charge in [-0.3, -0.25) is 0 Å². The van der Waals surface area contributed by atoms with Crippen molar-refractivity contribution in [1.82, 2.24) is 15.6 Å². The molecule has 2 aromatic heterocycles. The molecule has 0 bridgehead atoms. The lowest BCUT2D eigenvalue weighted by Gasteiger charge is -2.22. The van der Waals surface area contributed by atoms with Gasteiger partial charge in [0.15, 0.2) is 5.96 Å². The third-order valence-electron chi connectivity index (χ3n) is 4.44. The van der Waals surface area contributed by atoms with Crippen molar-refractivity contribution in [2.75, 3.05) is 13.1 Å². The third kappa shape index (κ3) is 7.87. The van der Waals surface area contributed by atoms with Crippen LogP contribution in [0.15, 0.2) is 76.5 Å². The number of halogens is 1. The van der Waals surface area contributed by atoms with E-state index in [9.17, 15) is 5.11 Å². The van der Waals surface area contributed by atoms with Crippen LogP contribution in [0.5, 0.6) is 5.88 Å². The Labute approximate surface area is 200 Å². The molecule has 3 N–H and O–H groups in total. The maximum Gasteiger partial charge on any atom is 0.213 e. The fourth-order valence-corrected chi connectivity index (χ4v) is 2.80. The van der Waals surface area contributed by atoms with Crippen LogP contribution in [0, 0.1) is 0 Å². The number of nitrogens with one attached hydrogen (secondary N) is 2. The molecule has 2 heterocycles. The van der Waals surface area contributed by atoms with Gasteiger partial charge in [-0.05, 0) is 43.2 Å². The highest BCUT2D eigenvalue weighted by atomic mass is 127.